The van der Waals surface area contributed by atoms with Crippen molar-refractivity contribution in [2.24, 2.45) is 5.73 Å². The fraction of sp³-hybridized carbons (Fsp3) is 0.429. The van der Waals surface area contributed by atoms with E-state index in [4.69, 9.17) is 10.8 Å². The lowest BCUT2D eigenvalue weighted by molar-refractivity contribution is -0.140. The summed E-state index contributed by atoms with van der Waals surface area (Å²) < 4.78 is 1.54. The molecule has 1 aromatic rings. The van der Waals surface area contributed by atoms with E-state index in [1.807, 2.05) is 0 Å². The average molecular weight is 169 g/mol. The topological polar surface area (TPSA) is 81.1 Å². The van der Waals surface area contributed by atoms with Crippen LogP contribution in [0.2, 0.25) is 0 Å². The van der Waals surface area contributed by atoms with Gasteiger partial charge in [0.1, 0.15) is 11.9 Å². The van der Waals surface area contributed by atoms with E-state index in [1.54, 1.807) is 23.9 Å². The molecule has 0 aliphatic carbocycles. The van der Waals surface area contributed by atoms with E-state index in [-0.39, 0.29) is 6.54 Å². The first kappa shape index (κ1) is 8.73. The van der Waals surface area contributed by atoms with Crippen LogP contribution >= 0.6 is 0 Å². The Labute approximate surface area is 69.8 Å². The van der Waals surface area contributed by atoms with Crippen LogP contribution in [0.25, 0.3) is 0 Å². The summed E-state index contributed by atoms with van der Waals surface area (Å²) in [7, 11) is 0. The van der Waals surface area contributed by atoms with Crippen molar-refractivity contribution in [1.29, 1.82) is 0 Å². The molecule has 1 atom stereocenters. The molecule has 0 saturated carbocycles. The van der Waals surface area contributed by atoms with Crippen LogP contribution in [-0.4, -0.2) is 27.2 Å². The van der Waals surface area contributed by atoms with E-state index >= 15 is 0 Å². The van der Waals surface area contributed by atoms with E-state index in [0.29, 0.717) is 5.82 Å². The molecule has 0 fully saturated rings. The van der Waals surface area contributed by atoms with Gasteiger partial charge in [0, 0.05) is 18.9 Å². The van der Waals surface area contributed by atoms with Crippen molar-refractivity contribution in [3.05, 3.63) is 18.2 Å². The van der Waals surface area contributed by atoms with Crippen molar-refractivity contribution in [2.75, 3.05) is 6.54 Å². The molecular formula is C7H11N3O2. The minimum Gasteiger partial charge on any atom is -0.480 e. The number of aromatic nitrogens is 2. The van der Waals surface area contributed by atoms with E-state index in [0.717, 1.165) is 0 Å². The third-order valence-corrected chi connectivity index (χ3v) is 1.71. The summed E-state index contributed by atoms with van der Waals surface area (Å²) in [6.45, 7) is 1.82. The molecule has 12 heavy (non-hydrogen) atoms. The van der Waals surface area contributed by atoms with Gasteiger partial charge in [0.2, 0.25) is 0 Å². The summed E-state index contributed by atoms with van der Waals surface area (Å²) in [4.78, 5) is 14.6. The molecule has 1 aromatic heterocycles. The number of aliphatic carboxylic acids is 1. The summed E-state index contributed by atoms with van der Waals surface area (Å²) in [5, 5.41) is 8.74. The second-order valence-corrected chi connectivity index (χ2v) is 2.47. The smallest absolute Gasteiger partial charge is 0.328 e. The molecule has 1 heterocycles. The van der Waals surface area contributed by atoms with Crippen molar-refractivity contribution in [3.8, 4) is 0 Å². The number of hydrogen-bond acceptors (Lipinski definition) is 3. The maximum Gasteiger partial charge on any atom is 0.328 e. The molecule has 0 aromatic carbocycles. The van der Waals surface area contributed by atoms with Crippen LogP contribution in [0.3, 0.4) is 0 Å². The van der Waals surface area contributed by atoms with Gasteiger partial charge in [0.25, 0.3) is 0 Å². The Balaban J connectivity index is 2.94. The first-order valence-corrected chi connectivity index (χ1v) is 3.59. The van der Waals surface area contributed by atoms with Gasteiger partial charge in [-0.3, -0.25) is 0 Å². The molecular weight excluding hydrogens is 158 g/mol. The lowest BCUT2D eigenvalue weighted by atomic mass is 10.3. The maximum atomic E-state index is 10.7. The van der Waals surface area contributed by atoms with E-state index in [1.165, 1.54) is 0 Å². The number of nitrogens with zero attached hydrogens (tertiary/aromatic N) is 2. The maximum absolute atomic E-state index is 10.7. The van der Waals surface area contributed by atoms with Crippen LogP contribution in [0.1, 0.15) is 11.9 Å². The average Bonchev–Trinajstić information content (AvgIpc) is 2.38. The summed E-state index contributed by atoms with van der Waals surface area (Å²) >= 11 is 0. The van der Waals surface area contributed by atoms with Gasteiger partial charge in [0.05, 0.1) is 0 Å². The Morgan fingerprint density at radius 3 is 2.92 bits per heavy atom. The molecule has 3 N–H and O–H groups in total. The number of rotatable bonds is 3. The number of carboxylic acids is 1. The van der Waals surface area contributed by atoms with Crippen molar-refractivity contribution in [2.45, 2.75) is 13.0 Å². The predicted molar refractivity (Wildman–Crippen MR) is 42.7 cm³/mol. The van der Waals surface area contributed by atoms with Gasteiger partial charge in [0.15, 0.2) is 0 Å². The monoisotopic (exact) mass is 169 g/mol. The second kappa shape index (κ2) is 3.36. The highest BCUT2D eigenvalue weighted by Crippen LogP contribution is 2.07. The van der Waals surface area contributed by atoms with Crippen LogP contribution in [0.15, 0.2) is 12.4 Å². The van der Waals surface area contributed by atoms with E-state index in [9.17, 15) is 4.79 Å². The molecule has 0 radical (unpaired) electrons. The quantitative estimate of drug-likeness (QED) is 0.655. The highest BCUT2D eigenvalue weighted by Gasteiger charge is 2.18. The Bertz CT molecular complexity index is 282. The zero-order valence-corrected chi connectivity index (χ0v) is 6.77. The van der Waals surface area contributed by atoms with E-state index in [2.05, 4.69) is 4.98 Å². The Hall–Kier alpha value is -1.36. The molecule has 0 aliphatic heterocycles. The summed E-state index contributed by atoms with van der Waals surface area (Å²) in [5.74, 6) is -0.272. The molecule has 5 heteroatoms. The number of nitrogens with two attached hydrogens (primary N) is 1. The summed E-state index contributed by atoms with van der Waals surface area (Å²) in [5.41, 5.74) is 5.30. The fourth-order valence-corrected chi connectivity index (χ4v) is 1.05. The molecule has 5 nitrogen and oxygen atoms in total. The van der Waals surface area contributed by atoms with Gasteiger partial charge in [-0.05, 0) is 6.92 Å². The molecule has 1 rings (SSSR count). The molecule has 66 valence electrons. The molecule has 0 spiro atoms. The van der Waals surface area contributed by atoms with Gasteiger partial charge in [-0.15, -0.1) is 0 Å². The summed E-state index contributed by atoms with van der Waals surface area (Å²) in [6.07, 6.45) is 3.17. The molecule has 0 saturated heterocycles. The number of hydrogen-bond donors (Lipinski definition) is 2. The minimum atomic E-state index is -0.932. The highest BCUT2D eigenvalue weighted by molar-refractivity contribution is 5.72. The van der Waals surface area contributed by atoms with Crippen LogP contribution < -0.4 is 5.73 Å². The van der Waals surface area contributed by atoms with Crippen LogP contribution in [-0.2, 0) is 4.79 Å². The lowest BCUT2D eigenvalue weighted by Gasteiger charge is -2.12. The molecule has 1 unspecified atom stereocenters. The number of aryl methyl sites for hydroxylation is 1. The normalized spacial score (nSPS) is 12.8. The Morgan fingerprint density at radius 2 is 2.58 bits per heavy atom. The van der Waals surface area contributed by atoms with E-state index < -0.39 is 12.0 Å². The molecule has 0 bridgehead atoms. The SMILES string of the molecule is Cc1nccn1C(CN)C(=O)O. The number of carbonyl (C=O) groups is 1. The van der Waals surface area contributed by atoms with Crippen molar-refractivity contribution in [3.63, 3.8) is 0 Å². The Morgan fingerprint density at radius 1 is 1.92 bits per heavy atom. The van der Waals surface area contributed by atoms with Gasteiger partial charge >= 0.3 is 5.97 Å². The van der Waals surface area contributed by atoms with Crippen molar-refractivity contribution >= 4 is 5.97 Å². The van der Waals surface area contributed by atoms with Gasteiger partial charge in [-0.2, -0.15) is 0 Å². The summed E-state index contributed by atoms with van der Waals surface area (Å²) in [6, 6.07) is -0.701. The van der Waals surface area contributed by atoms with Crippen LogP contribution in [0.4, 0.5) is 0 Å². The zero-order chi connectivity index (χ0) is 9.14. The fourth-order valence-electron chi connectivity index (χ4n) is 1.05. The van der Waals surface area contributed by atoms with Crippen molar-refractivity contribution in [1.82, 2.24) is 9.55 Å². The Kier molecular flexibility index (Phi) is 2.44. The lowest BCUT2D eigenvalue weighted by Crippen LogP contribution is -2.27. The molecule has 0 aliphatic rings. The third-order valence-electron chi connectivity index (χ3n) is 1.71. The van der Waals surface area contributed by atoms with Crippen molar-refractivity contribution < 1.29 is 9.90 Å². The number of carboxylic acid groups (broad SMARTS) is 1. The van der Waals surface area contributed by atoms with Crippen LogP contribution in [0.5, 0.6) is 0 Å². The first-order valence-electron chi connectivity index (χ1n) is 3.59. The number of imidazole rings is 1. The molecule has 0 amide bonds. The van der Waals surface area contributed by atoms with Gasteiger partial charge in [-0.25, -0.2) is 9.78 Å². The highest BCUT2D eigenvalue weighted by atomic mass is 16.4. The third kappa shape index (κ3) is 1.45. The first-order chi connectivity index (χ1) is 5.66. The predicted octanol–water partition coefficient (Wildman–Crippen LogP) is -0.224. The standard InChI is InChI=1S/C7H11N3O2/c1-5-9-2-3-10(5)6(4-8)7(11)12/h2-3,6H,4,8H2,1H3,(H,11,12). The second-order valence-electron chi connectivity index (χ2n) is 2.47. The van der Waals surface area contributed by atoms with Gasteiger partial charge in [-0.1, -0.05) is 0 Å². The van der Waals surface area contributed by atoms with Gasteiger partial charge < -0.3 is 15.4 Å². The van der Waals surface area contributed by atoms with Crippen LogP contribution in [0, 0.1) is 6.92 Å². The largest absolute Gasteiger partial charge is 0.480 e. The zero-order valence-electron chi connectivity index (χ0n) is 6.77. The minimum absolute atomic E-state index is 0.0759.